The third-order valence-electron chi connectivity index (χ3n) is 4.44. The highest BCUT2D eigenvalue weighted by atomic mass is 19.4. The van der Waals surface area contributed by atoms with Crippen molar-refractivity contribution in [1.29, 1.82) is 0 Å². The monoisotopic (exact) mass is 406 g/mol. The molecule has 0 radical (unpaired) electrons. The topological polar surface area (TPSA) is 91.6 Å². The number of amides is 1. The number of rotatable bonds is 14. The lowest BCUT2D eigenvalue weighted by Crippen LogP contribution is -2.37. The Morgan fingerprint density at radius 1 is 0.857 bits per heavy atom. The summed E-state index contributed by atoms with van der Waals surface area (Å²) in [6, 6.07) is 2.67. The average Bonchev–Trinajstić information content (AvgIpc) is 2.93. The summed E-state index contributed by atoms with van der Waals surface area (Å²) in [4.78, 5) is 22.4. The number of alkyl halides is 3. The van der Waals surface area contributed by atoms with Crippen molar-refractivity contribution >= 4 is 11.7 Å². The lowest BCUT2D eigenvalue weighted by Gasteiger charge is -2.07. The molecule has 0 atom stereocenters. The zero-order chi connectivity index (χ0) is 21.0. The van der Waals surface area contributed by atoms with Crippen LogP contribution in [0.25, 0.3) is 0 Å². The van der Waals surface area contributed by atoms with E-state index in [0.717, 1.165) is 55.9 Å². The van der Waals surface area contributed by atoms with Crippen LogP contribution in [0.15, 0.2) is 12.1 Å². The second-order valence-corrected chi connectivity index (χ2v) is 6.86. The zero-order valence-electron chi connectivity index (χ0n) is 15.9. The minimum Gasteiger partial charge on any atom is -0.494 e. The average molecular weight is 406 g/mol. The molecule has 1 aromatic rings. The number of aromatic nitrogens is 1. The highest BCUT2D eigenvalue weighted by molar-refractivity contribution is 5.81. The molecule has 0 aliphatic heterocycles. The maximum absolute atomic E-state index is 12.0. The molecule has 28 heavy (non-hydrogen) atoms. The molecular weight excluding hydrogens is 377 g/mol. The number of Topliss-reactive ketones (excluding diaryl/α,β-unsaturated/α-hetero) is 1. The van der Waals surface area contributed by atoms with E-state index in [1.54, 1.807) is 0 Å². The summed E-state index contributed by atoms with van der Waals surface area (Å²) < 4.78 is 37.0. The first kappa shape index (κ1) is 23.8. The highest BCUT2D eigenvalue weighted by Crippen LogP contribution is 2.21. The molecule has 6 nitrogen and oxygen atoms in total. The van der Waals surface area contributed by atoms with E-state index in [0.29, 0.717) is 12.8 Å². The Morgan fingerprint density at radius 3 is 1.82 bits per heavy atom. The predicted molar refractivity (Wildman–Crippen MR) is 98.0 cm³/mol. The first-order valence-corrected chi connectivity index (χ1v) is 9.66. The van der Waals surface area contributed by atoms with E-state index >= 15 is 0 Å². The van der Waals surface area contributed by atoms with E-state index in [-0.39, 0.29) is 30.6 Å². The molecule has 0 unspecified atom stereocenters. The molecule has 0 saturated heterocycles. The van der Waals surface area contributed by atoms with Crippen molar-refractivity contribution in [3.63, 3.8) is 0 Å². The minimum absolute atomic E-state index is 0.0336. The van der Waals surface area contributed by atoms with Crippen LogP contribution in [0, 0.1) is 0 Å². The van der Waals surface area contributed by atoms with Gasteiger partial charge in [-0.15, -0.1) is 0 Å². The summed E-state index contributed by atoms with van der Waals surface area (Å²) in [6.45, 7) is 0.0129. The molecule has 1 heterocycles. The first-order valence-electron chi connectivity index (χ1n) is 9.66. The second-order valence-electron chi connectivity index (χ2n) is 6.86. The molecule has 0 aliphatic rings. The van der Waals surface area contributed by atoms with Crippen LogP contribution in [-0.2, 0) is 16.1 Å². The van der Waals surface area contributed by atoms with Gasteiger partial charge in [-0.1, -0.05) is 44.9 Å². The van der Waals surface area contributed by atoms with Crippen molar-refractivity contribution < 1.29 is 33.0 Å². The van der Waals surface area contributed by atoms with Gasteiger partial charge >= 0.3 is 12.1 Å². The smallest absolute Gasteiger partial charge is 0.471 e. The van der Waals surface area contributed by atoms with Gasteiger partial charge in [0, 0.05) is 25.1 Å². The molecule has 0 spiro atoms. The summed E-state index contributed by atoms with van der Waals surface area (Å²) >= 11 is 0. The van der Waals surface area contributed by atoms with Gasteiger partial charge in [0.2, 0.25) is 0 Å². The number of unbranched alkanes of at least 4 members (excludes halogenated alkanes) is 8. The van der Waals surface area contributed by atoms with Crippen LogP contribution in [0.3, 0.4) is 0 Å². The van der Waals surface area contributed by atoms with E-state index < -0.39 is 12.1 Å². The van der Waals surface area contributed by atoms with E-state index in [1.165, 1.54) is 12.1 Å². The fourth-order valence-corrected chi connectivity index (χ4v) is 2.85. The third-order valence-corrected chi connectivity index (χ3v) is 4.44. The van der Waals surface area contributed by atoms with Crippen LogP contribution < -0.4 is 5.32 Å². The van der Waals surface area contributed by atoms with Gasteiger partial charge in [-0.2, -0.15) is 13.2 Å². The summed E-state index contributed by atoms with van der Waals surface area (Å²) in [7, 11) is 0. The fraction of sp³-hybridized carbons (Fsp3) is 0.684. The fourth-order valence-electron chi connectivity index (χ4n) is 2.85. The van der Waals surface area contributed by atoms with E-state index in [4.69, 9.17) is 0 Å². The molecule has 3 N–H and O–H groups in total. The van der Waals surface area contributed by atoms with E-state index in [1.807, 2.05) is 5.32 Å². The summed E-state index contributed by atoms with van der Waals surface area (Å²) in [6.07, 6.45) is 3.61. The Morgan fingerprint density at radius 2 is 1.32 bits per heavy atom. The number of carbonyl (C=O) groups excluding carboxylic acids is 2. The highest BCUT2D eigenvalue weighted by Gasteiger charge is 2.38. The van der Waals surface area contributed by atoms with Gasteiger partial charge in [0.1, 0.15) is 0 Å². The standard InChI is InChI=1S/C19H29F3N2O4/c20-19(21,22)18(28)23-13-9-7-5-3-1-2-4-6-8-10-15(25)14-24-16(26)11-12-17(24)27/h11-12,26-27H,1-10,13-14H2,(H,23,28). The van der Waals surface area contributed by atoms with Crippen molar-refractivity contribution in [1.82, 2.24) is 9.88 Å². The van der Waals surface area contributed by atoms with Crippen LogP contribution in [0.5, 0.6) is 11.8 Å². The number of hydrogen-bond acceptors (Lipinski definition) is 4. The van der Waals surface area contributed by atoms with Gasteiger partial charge in [0.25, 0.3) is 0 Å². The number of halogens is 3. The largest absolute Gasteiger partial charge is 0.494 e. The molecule has 1 rings (SSSR count). The van der Waals surface area contributed by atoms with Crippen molar-refractivity contribution in [2.45, 2.75) is 76.9 Å². The maximum Gasteiger partial charge on any atom is 0.471 e. The summed E-state index contributed by atoms with van der Waals surface area (Å²) in [5.41, 5.74) is 0. The Kier molecular flexibility index (Phi) is 10.5. The second kappa shape index (κ2) is 12.3. The molecule has 0 saturated carbocycles. The third kappa shape index (κ3) is 9.66. The van der Waals surface area contributed by atoms with Gasteiger partial charge in [-0.05, 0) is 12.8 Å². The number of hydrogen-bond donors (Lipinski definition) is 3. The molecule has 0 aromatic carbocycles. The molecular formula is C19H29F3N2O4. The molecule has 1 amide bonds. The zero-order valence-corrected chi connectivity index (χ0v) is 15.9. The number of nitrogens with zero attached hydrogens (tertiary/aromatic N) is 1. The van der Waals surface area contributed by atoms with E-state index in [9.17, 15) is 33.0 Å². The quantitative estimate of drug-likeness (QED) is 0.407. The normalized spacial score (nSPS) is 11.5. The molecule has 160 valence electrons. The van der Waals surface area contributed by atoms with Crippen LogP contribution >= 0.6 is 0 Å². The van der Waals surface area contributed by atoms with Crippen LogP contribution in [0.2, 0.25) is 0 Å². The van der Waals surface area contributed by atoms with Crippen LogP contribution in [0.1, 0.15) is 64.2 Å². The SMILES string of the molecule is O=C(CCCCCCCCCCCNC(=O)C(F)(F)F)Cn1c(O)ccc1O. The van der Waals surface area contributed by atoms with Crippen molar-refractivity contribution in [2.75, 3.05) is 6.54 Å². The van der Waals surface area contributed by atoms with Crippen LogP contribution in [0.4, 0.5) is 13.2 Å². The molecule has 1 aromatic heterocycles. The predicted octanol–water partition coefficient (Wildman–Crippen LogP) is 4.05. The lowest BCUT2D eigenvalue weighted by atomic mass is 10.1. The van der Waals surface area contributed by atoms with Gasteiger partial charge in [0.15, 0.2) is 17.5 Å². The molecule has 0 fully saturated rings. The number of nitrogens with one attached hydrogen (secondary N) is 1. The first-order chi connectivity index (χ1) is 13.2. The number of carbonyl (C=O) groups is 2. The Hall–Kier alpha value is -2.19. The van der Waals surface area contributed by atoms with Gasteiger partial charge in [-0.25, -0.2) is 0 Å². The van der Waals surface area contributed by atoms with Gasteiger partial charge in [0.05, 0.1) is 6.54 Å². The number of aromatic hydroxyl groups is 2. The number of ketones is 1. The Bertz CT molecular complexity index is 595. The summed E-state index contributed by atoms with van der Waals surface area (Å²) in [5, 5.41) is 20.8. The van der Waals surface area contributed by atoms with Crippen molar-refractivity contribution in [2.24, 2.45) is 0 Å². The van der Waals surface area contributed by atoms with E-state index in [2.05, 4.69) is 0 Å². The Labute approximate surface area is 162 Å². The molecule has 0 aliphatic carbocycles. The molecule has 9 heteroatoms. The van der Waals surface area contributed by atoms with Crippen molar-refractivity contribution in [3.8, 4) is 11.8 Å². The van der Waals surface area contributed by atoms with Crippen LogP contribution in [-0.4, -0.2) is 39.2 Å². The van der Waals surface area contributed by atoms with Gasteiger partial charge < -0.3 is 15.5 Å². The minimum atomic E-state index is -4.81. The molecule has 0 bridgehead atoms. The summed E-state index contributed by atoms with van der Waals surface area (Å²) in [5.74, 6) is -2.19. The lowest BCUT2D eigenvalue weighted by molar-refractivity contribution is -0.173. The van der Waals surface area contributed by atoms with Gasteiger partial charge in [-0.3, -0.25) is 14.2 Å². The Balaban J connectivity index is 1.90. The maximum atomic E-state index is 12.0. The van der Waals surface area contributed by atoms with Crippen molar-refractivity contribution in [3.05, 3.63) is 12.1 Å².